The van der Waals surface area contributed by atoms with Crippen molar-refractivity contribution in [3.63, 3.8) is 0 Å². The lowest BCUT2D eigenvalue weighted by molar-refractivity contribution is -0.180. The van der Waals surface area contributed by atoms with Crippen LogP contribution in [0.3, 0.4) is 0 Å². The topological polar surface area (TPSA) is 66.8 Å². The van der Waals surface area contributed by atoms with Crippen molar-refractivity contribution in [2.75, 3.05) is 13.1 Å². The zero-order valence-corrected chi connectivity index (χ0v) is 11.4. The Labute approximate surface area is 107 Å². The van der Waals surface area contributed by atoms with Gasteiger partial charge in [-0.25, -0.2) is 4.79 Å². The van der Waals surface area contributed by atoms with Crippen molar-refractivity contribution >= 4 is 12.1 Å². The van der Waals surface area contributed by atoms with Crippen LogP contribution >= 0.6 is 0 Å². The molecule has 0 aromatic rings. The number of fused-ring (bicyclic) bond motifs is 2. The monoisotopic (exact) mass is 255 g/mol. The number of nitrogens with zero attached hydrogens (tertiary/aromatic N) is 1. The van der Waals surface area contributed by atoms with Gasteiger partial charge in [0.15, 0.2) is 0 Å². The van der Waals surface area contributed by atoms with Crippen LogP contribution in [0.2, 0.25) is 0 Å². The fraction of sp³-hybridized carbons (Fsp3) is 0.846. The van der Waals surface area contributed by atoms with E-state index in [9.17, 15) is 14.7 Å². The first-order valence-corrected chi connectivity index (χ1v) is 6.27. The Morgan fingerprint density at radius 1 is 1.22 bits per heavy atom. The fourth-order valence-electron chi connectivity index (χ4n) is 3.36. The van der Waals surface area contributed by atoms with Crippen molar-refractivity contribution in [2.24, 2.45) is 10.8 Å². The molecule has 1 amide bonds. The molecule has 0 radical (unpaired) electrons. The van der Waals surface area contributed by atoms with E-state index in [0.717, 1.165) is 0 Å². The predicted molar refractivity (Wildman–Crippen MR) is 65.2 cm³/mol. The summed E-state index contributed by atoms with van der Waals surface area (Å²) < 4.78 is 5.31. The molecular formula is C13H21NO4. The van der Waals surface area contributed by atoms with Crippen LogP contribution in [0.4, 0.5) is 4.79 Å². The minimum Gasteiger partial charge on any atom is -0.481 e. The smallest absolute Gasteiger partial charge is 0.410 e. The Balaban J connectivity index is 2.08. The Bertz CT molecular complexity index is 390. The van der Waals surface area contributed by atoms with Gasteiger partial charge >= 0.3 is 12.1 Å². The molecule has 0 unspecified atom stereocenters. The summed E-state index contributed by atoms with van der Waals surface area (Å²) in [6.45, 7) is 8.33. The van der Waals surface area contributed by atoms with Gasteiger partial charge in [0.2, 0.25) is 0 Å². The highest BCUT2D eigenvalue weighted by Crippen LogP contribution is 2.58. The van der Waals surface area contributed by atoms with E-state index in [4.69, 9.17) is 4.74 Å². The lowest BCUT2D eigenvalue weighted by atomic mass is 9.50. The number of hydrogen-bond acceptors (Lipinski definition) is 3. The lowest BCUT2D eigenvalue weighted by Gasteiger charge is -2.59. The first-order chi connectivity index (χ1) is 8.05. The van der Waals surface area contributed by atoms with Crippen LogP contribution in [0.15, 0.2) is 0 Å². The van der Waals surface area contributed by atoms with Crippen LogP contribution in [0.25, 0.3) is 0 Å². The second kappa shape index (κ2) is 3.62. The van der Waals surface area contributed by atoms with Gasteiger partial charge in [0, 0.05) is 13.1 Å². The SMILES string of the molecule is CC12CN(C(=O)OC(C)(C)C)CC(C(=O)O)(C1)C2. The summed E-state index contributed by atoms with van der Waals surface area (Å²) in [5, 5.41) is 9.30. The lowest BCUT2D eigenvalue weighted by Crippen LogP contribution is -2.66. The number of aliphatic carboxylic acids is 1. The maximum absolute atomic E-state index is 12.0. The Morgan fingerprint density at radius 2 is 1.78 bits per heavy atom. The zero-order chi connectivity index (χ0) is 13.8. The number of amides is 1. The van der Waals surface area contributed by atoms with Gasteiger partial charge in [-0.1, -0.05) is 6.92 Å². The highest BCUT2D eigenvalue weighted by atomic mass is 16.6. The summed E-state index contributed by atoms with van der Waals surface area (Å²) in [6, 6.07) is 0. The number of rotatable bonds is 1. The molecule has 0 atom stereocenters. The molecule has 1 N–H and O–H groups in total. The van der Waals surface area contributed by atoms with Crippen molar-refractivity contribution in [3.05, 3.63) is 0 Å². The van der Waals surface area contributed by atoms with E-state index in [0.29, 0.717) is 19.4 Å². The quantitative estimate of drug-likeness (QED) is 0.779. The minimum absolute atomic E-state index is 0.0620. The molecule has 5 heteroatoms. The first kappa shape index (κ1) is 13.2. The van der Waals surface area contributed by atoms with Crippen molar-refractivity contribution in [1.82, 2.24) is 4.90 Å². The van der Waals surface area contributed by atoms with Crippen LogP contribution in [-0.2, 0) is 9.53 Å². The van der Waals surface area contributed by atoms with E-state index >= 15 is 0 Å². The van der Waals surface area contributed by atoms with Crippen molar-refractivity contribution in [3.8, 4) is 0 Å². The summed E-state index contributed by atoms with van der Waals surface area (Å²) in [6.07, 6.45) is 0.919. The van der Waals surface area contributed by atoms with Crippen molar-refractivity contribution in [1.29, 1.82) is 0 Å². The molecule has 1 saturated carbocycles. The van der Waals surface area contributed by atoms with Gasteiger partial charge in [0.1, 0.15) is 5.60 Å². The molecule has 2 bridgehead atoms. The Kier molecular flexibility index (Phi) is 2.65. The Morgan fingerprint density at radius 3 is 2.22 bits per heavy atom. The maximum atomic E-state index is 12.0. The molecule has 3 rings (SSSR count). The van der Waals surface area contributed by atoms with Crippen LogP contribution in [0.5, 0.6) is 0 Å². The third kappa shape index (κ3) is 2.18. The number of carboxylic acids is 1. The molecule has 102 valence electrons. The van der Waals surface area contributed by atoms with Crippen molar-refractivity contribution < 1.29 is 19.4 Å². The van der Waals surface area contributed by atoms with Crippen LogP contribution < -0.4 is 0 Å². The van der Waals surface area contributed by atoms with Gasteiger partial charge in [0.05, 0.1) is 5.41 Å². The van der Waals surface area contributed by atoms with Gasteiger partial charge in [-0.3, -0.25) is 4.79 Å². The van der Waals surface area contributed by atoms with Crippen molar-refractivity contribution in [2.45, 2.75) is 46.1 Å². The number of hydrogen-bond donors (Lipinski definition) is 1. The summed E-state index contributed by atoms with van der Waals surface area (Å²) in [5.41, 5.74) is -1.35. The normalized spacial score (nSPS) is 34.8. The standard InChI is InChI=1S/C13H21NO4/c1-11(2,3)18-10(17)14-7-12(4)5-13(6-12,8-14)9(15)16/h5-8H2,1-4H3,(H,15,16). The molecule has 2 aliphatic heterocycles. The van der Waals surface area contributed by atoms with Crippen LogP contribution in [-0.4, -0.2) is 40.8 Å². The molecular weight excluding hydrogens is 234 g/mol. The molecule has 5 nitrogen and oxygen atoms in total. The number of carbonyl (C=O) groups is 2. The first-order valence-electron chi connectivity index (χ1n) is 6.27. The molecule has 0 spiro atoms. The Hall–Kier alpha value is -1.26. The van der Waals surface area contributed by atoms with E-state index in [2.05, 4.69) is 0 Å². The van der Waals surface area contributed by atoms with Gasteiger partial charge < -0.3 is 14.7 Å². The second-order valence-electron chi connectivity index (χ2n) is 7.09. The van der Waals surface area contributed by atoms with Gasteiger partial charge in [-0.2, -0.15) is 0 Å². The molecule has 1 aliphatic carbocycles. The predicted octanol–water partition coefficient (Wildman–Crippen LogP) is 2.11. The third-order valence-corrected chi connectivity index (χ3v) is 3.70. The van der Waals surface area contributed by atoms with E-state index in [1.54, 1.807) is 4.90 Å². The molecule has 2 saturated heterocycles. The summed E-state index contributed by atoms with van der Waals surface area (Å²) >= 11 is 0. The van der Waals surface area contributed by atoms with Gasteiger partial charge in [-0.05, 0) is 39.0 Å². The molecule has 3 aliphatic rings. The van der Waals surface area contributed by atoms with E-state index in [1.807, 2.05) is 27.7 Å². The van der Waals surface area contributed by atoms with Crippen LogP contribution in [0.1, 0.15) is 40.5 Å². The second-order valence-corrected chi connectivity index (χ2v) is 7.09. The van der Waals surface area contributed by atoms with Crippen LogP contribution in [0, 0.1) is 10.8 Å². The maximum Gasteiger partial charge on any atom is 0.410 e. The highest BCUT2D eigenvalue weighted by Gasteiger charge is 2.62. The van der Waals surface area contributed by atoms with Gasteiger partial charge in [-0.15, -0.1) is 0 Å². The number of carboxylic acid groups (broad SMARTS) is 1. The molecule has 0 aromatic heterocycles. The number of ether oxygens (including phenoxy) is 1. The summed E-state index contributed by atoms with van der Waals surface area (Å²) in [5.74, 6) is -0.798. The zero-order valence-electron chi connectivity index (χ0n) is 11.4. The largest absolute Gasteiger partial charge is 0.481 e. The van der Waals surface area contributed by atoms with E-state index in [-0.39, 0.29) is 12.0 Å². The summed E-state index contributed by atoms with van der Waals surface area (Å²) in [7, 11) is 0. The molecule has 18 heavy (non-hydrogen) atoms. The van der Waals surface area contributed by atoms with E-state index in [1.165, 1.54) is 0 Å². The van der Waals surface area contributed by atoms with Gasteiger partial charge in [0.25, 0.3) is 0 Å². The molecule has 2 heterocycles. The summed E-state index contributed by atoms with van der Waals surface area (Å²) in [4.78, 5) is 24.9. The number of piperidine rings is 2. The highest BCUT2D eigenvalue weighted by molar-refractivity contribution is 5.79. The minimum atomic E-state index is -0.798. The molecule has 3 fully saturated rings. The third-order valence-electron chi connectivity index (χ3n) is 3.70. The average molecular weight is 255 g/mol. The average Bonchev–Trinajstić information content (AvgIpc) is 2.12. The number of carbonyl (C=O) groups excluding carboxylic acids is 1. The fourth-order valence-corrected chi connectivity index (χ4v) is 3.36. The van der Waals surface area contributed by atoms with E-state index < -0.39 is 23.1 Å². The molecule has 0 aromatic carbocycles.